The Hall–Kier alpha value is -1.35. The molecule has 2 rings (SSSR count). The molecule has 1 aromatic carbocycles. The van der Waals surface area contributed by atoms with E-state index in [0.717, 1.165) is 17.2 Å². The van der Waals surface area contributed by atoms with Gasteiger partial charge in [0.15, 0.2) is 0 Å². The van der Waals surface area contributed by atoms with Crippen LogP contribution in [-0.2, 0) is 6.54 Å². The van der Waals surface area contributed by atoms with Crippen LogP contribution >= 0.6 is 11.3 Å². The highest BCUT2D eigenvalue weighted by Gasteiger charge is 2.00. The third-order valence-electron chi connectivity index (χ3n) is 2.48. The zero-order chi connectivity index (χ0) is 11.5. The van der Waals surface area contributed by atoms with E-state index in [9.17, 15) is 0 Å². The lowest BCUT2D eigenvalue weighted by Gasteiger charge is -2.08. The number of aryl methyl sites for hydroxylation is 3. The molecule has 2 aromatic rings. The molecule has 0 aliphatic rings. The first-order valence-corrected chi connectivity index (χ1v) is 6.25. The van der Waals surface area contributed by atoms with Crippen molar-refractivity contribution in [3.8, 4) is 0 Å². The smallest absolute Gasteiger partial charge is 0.112 e. The summed E-state index contributed by atoms with van der Waals surface area (Å²) in [4.78, 5) is 4.43. The third kappa shape index (κ3) is 2.61. The van der Waals surface area contributed by atoms with Crippen molar-refractivity contribution in [2.45, 2.75) is 27.3 Å². The van der Waals surface area contributed by atoms with Crippen LogP contribution in [0.25, 0.3) is 0 Å². The van der Waals surface area contributed by atoms with Gasteiger partial charge in [-0.3, -0.25) is 0 Å². The average molecular weight is 232 g/mol. The van der Waals surface area contributed by atoms with Crippen LogP contribution in [0.15, 0.2) is 23.6 Å². The normalized spacial score (nSPS) is 10.4. The quantitative estimate of drug-likeness (QED) is 0.873. The summed E-state index contributed by atoms with van der Waals surface area (Å²) >= 11 is 1.70. The molecule has 0 fully saturated rings. The van der Waals surface area contributed by atoms with Crippen molar-refractivity contribution in [1.82, 2.24) is 4.98 Å². The first-order valence-electron chi connectivity index (χ1n) is 5.37. The fourth-order valence-electron chi connectivity index (χ4n) is 1.67. The van der Waals surface area contributed by atoms with E-state index in [4.69, 9.17) is 0 Å². The number of aromatic nitrogens is 1. The number of anilines is 1. The molecule has 0 atom stereocenters. The summed E-state index contributed by atoms with van der Waals surface area (Å²) in [6.07, 6.45) is 0. The summed E-state index contributed by atoms with van der Waals surface area (Å²) in [6.45, 7) is 7.07. The molecule has 0 amide bonds. The lowest BCUT2D eigenvalue weighted by Crippen LogP contribution is -2.00. The fourth-order valence-corrected chi connectivity index (χ4v) is 2.38. The second-order valence-electron chi connectivity index (χ2n) is 4.05. The molecule has 1 N–H and O–H groups in total. The molecule has 0 bridgehead atoms. The van der Waals surface area contributed by atoms with Gasteiger partial charge in [-0.05, 0) is 32.4 Å². The maximum atomic E-state index is 4.43. The van der Waals surface area contributed by atoms with Gasteiger partial charge in [-0.25, -0.2) is 4.98 Å². The standard InChI is InChI=1S/C13H16N2S/c1-9-4-5-12(10(2)6-9)14-7-13-15-11(3)8-16-13/h4-6,8,14H,7H2,1-3H3. The predicted molar refractivity (Wildman–Crippen MR) is 70.1 cm³/mol. The van der Waals surface area contributed by atoms with E-state index in [1.807, 2.05) is 6.92 Å². The molecule has 0 radical (unpaired) electrons. The largest absolute Gasteiger partial charge is 0.378 e. The van der Waals surface area contributed by atoms with Crippen molar-refractivity contribution in [2.24, 2.45) is 0 Å². The zero-order valence-corrected chi connectivity index (χ0v) is 10.7. The number of hydrogen-bond acceptors (Lipinski definition) is 3. The topological polar surface area (TPSA) is 24.9 Å². The van der Waals surface area contributed by atoms with Crippen LogP contribution in [0.3, 0.4) is 0 Å². The van der Waals surface area contributed by atoms with Crippen molar-refractivity contribution >= 4 is 17.0 Å². The minimum absolute atomic E-state index is 0.808. The minimum atomic E-state index is 0.808. The number of thiazole rings is 1. The molecular formula is C13H16N2S. The van der Waals surface area contributed by atoms with Gasteiger partial charge in [0.1, 0.15) is 5.01 Å². The van der Waals surface area contributed by atoms with Crippen LogP contribution in [0, 0.1) is 20.8 Å². The van der Waals surface area contributed by atoms with Gasteiger partial charge in [0, 0.05) is 16.8 Å². The van der Waals surface area contributed by atoms with E-state index in [1.54, 1.807) is 11.3 Å². The van der Waals surface area contributed by atoms with E-state index >= 15 is 0 Å². The molecule has 1 aromatic heterocycles. The molecule has 0 unspecified atom stereocenters. The molecule has 84 valence electrons. The van der Waals surface area contributed by atoms with Crippen molar-refractivity contribution in [3.63, 3.8) is 0 Å². The summed E-state index contributed by atoms with van der Waals surface area (Å²) in [5, 5.41) is 6.64. The Balaban J connectivity index is 2.04. The van der Waals surface area contributed by atoms with Crippen molar-refractivity contribution in [1.29, 1.82) is 0 Å². The molecule has 0 aliphatic heterocycles. The summed E-state index contributed by atoms with van der Waals surface area (Å²) in [5.41, 5.74) is 4.88. The van der Waals surface area contributed by atoms with Crippen LogP contribution in [0.4, 0.5) is 5.69 Å². The van der Waals surface area contributed by atoms with E-state index in [1.165, 1.54) is 16.8 Å². The Bertz CT molecular complexity index is 488. The highest BCUT2D eigenvalue weighted by molar-refractivity contribution is 7.09. The van der Waals surface area contributed by atoms with Gasteiger partial charge < -0.3 is 5.32 Å². The lowest BCUT2D eigenvalue weighted by atomic mass is 10.1. The van der Waals surface area contributed by atoms with E-state index in [0.29, 0.717) is 0 Å². The molecule has 0 aliphatic carbocycles. The molecule has 3 heteroatoms. The molecule has 0 saturated carbocycles. The number of hydrogen-bond donors (Lipinski definition) is 1. The van der Waals surface area contributed by atoms with Gasteiger partial charge in [0.2, 0.25) is 0 Å². The van der Waals surface area contributed by atoms with Gasteiger partial charge in [-0.2, -0.15) is 0 Å². The molecule has 2 nitrogen and oxygen atoms in total. The van der Waals surface area contributed by atoms with E-state index < -0.39 is 0 Å². The van der Waals surface area contributed by atoms with Crippen molar-refractivity contribution in [3.05, 3.63) is 45.4 Å². The van der Waals surface area contributed by atoms with Crippen LogP contribution in [0.1, 0.15) is 21.8 Å². The van der Waals surface area contributed by atoms with Crippen molar-refractivity contribution in [2.75, 3.05) is 5.32 Å². The molecule has 16 heavy (non-hydrogen) atoms. The maximum Gasteiger partial charge on any atom is 0.112 e. The number of rotatable bonds is 3. The van der Waals surface area contributed by atoms with Crippen LogP contribution in [0.2, 0.25) is 0 Å². The van der Waals surface area contributed by atoms with E-state index in [2.05, 4.69) is 47.7 Å². The highest BCUT2D eigenvalue weighted by Crippen LogP contribution is 2.18. The fraction of sp³-hybridized carbons (Fsp3) is 0.308. The molecular weight excluding hydrogens is 216 g/mol. The average Bonchev–Trinajstić information content (AvgIpc) is 2.63. The van der Waals surface area contributed by atoms with Gasteiger partial charge in [-0.1, -0.05) is 17.7 Å². The Morgan fingerprint density at radius 3 is 2.69 bits per heavy atom. The van der Waals surface area contributed by atoms with Gasteiger partial charge in [-0.15, -0.1) is 11.3 Å². The Kier molecular flexibility index (Phi) is 3.25. The maximum absolute atomic E-state index is 4.43. The summed E-state index contributed by atoms with van der Waals surface area (Å²) in [7, 11) is 0. The van der Waals surface area contributed by atoms with Gasteiger partial charge >= 0.3 is 0 Å². The lowest BCUT2D eigenvalue weighted by molar-refractivity contribution is 1.07. The SMILES string of the molecule is Cc1ccc(NCc2nc(C)cs2)c(C)c1. The number of benzene rings is 1. The summed E-state index contributed by atoms with van der Waals surface area (Å²) in [5.74, 6) is 0. The second kappa shape index (κ2) is 4.66. The van der Waals surface area contributed by atoms with Gasteiger partial charge in [0.05, 0.1) is 6.54 Å². The van der Waals surface area contributed by atoms with Crippen molar-refractivity contribution < 1.29 is 0 Å². The molecule has 0 spiro atoms. The molecule has 1 heterocycles. The second-order valence-corrected chi connectivity index (χ2v) is 5.00. The predicted octanol–water partition coefficient (Wildman–Crippen LogP) is 3.68. The number of nitrogens with zero attached hydrogens (tertiary/aromatic N) is 1. The third-order valence-corrected chi connectivity index (χ3v) is 3.45. The van der Waals surface area contributed by atoms with E-state index in [-0.39, 0.29) is 0 Å². The first kappa shape index (κ1) is 11.1. The van der Waals surface area contributed by atoms with Gasteiger partial charge in [0.25, 0.3) is 0 Å². The van der Waals surface area contributed by atoms with Crippen LogP contribution in [-0.4, -0.2) is 4.98 Å². The number of nitrogens with one attached hydrogen (secondary N) is 1. The first-order chi connectivity index (χ1) is 7.65. The Morgan fingerprint density at radius 1 is 1.25 bits per heavy atom. The Morgan fingerprint density at radius 2 is 2.06 bits per heavy atom. The molecule has 0 saturated heterocycles. The summed E-state index contributed by atoms with van der Waals surface area (Å²) < 4.78 is 0. The van der Waals surface area contributed by atoms with Crippen LogP contribution in [0.5, 0.6) is 0 Å². The highest BCUT2D eigenvalue weighted by atomic mass is 32.1. The van der Waals surface area contributed by atoms with Crippen LogP contribution < -0.4 is 5.32 Å². The summed E-state index contributed by atoms with van der Waals surface area (Å²) in [6, 6.07) is 6.45. The minimum Gasteiger partial charge on any atom is -0.378 e. The zero-order valence-electron chi connectivity index (χ0n) is 9.87. The Labute approximate surface area is 100 Å². The monoisotopic (exact) mass is 232 g/mol.